The highest BCUT2D eigenvalue weighted by Gasteiger charge is 2.00. The van der Waals surface area contributed by atoms with Crippen molar-refractivity contribution in [3.8, 4) is 5.75 Å². The molecule has 0 aromatic heterocycles. The Morgan fingerprint density at radius 1 is 1.00 bits per heavy atom. The molecule has 0 unspecified atom stereocenters. The van der Waals surface area contributed by atoms with Gasteiger partial charge in [0.2, 0.25) is 0 Å². The number of rotatable bonds is 11. The van der Waals surface area contributed by atoms with Crippen LogP contribution in [0.4, 0.5) is 4.79 Å². The minimum Gasteiger partial charge on any atom is -0.494 e. The molecule has 1 N–H and O–H groups in total. The van der Waals surface area contributed by atoms with Gasteiger partial charge >= 0.3 is 6.09 Å². The predicted molar refractivity (Wildman–Crippen MR) is 110 cm³/mol. The van der Waals surface area contributed by atoms with Gasteiger partial charge in [-0.25, -0.2) is 4.79 Å². The monoisotopic (exact) mass is 367 g/mol. The number of carbonyl (C=O) groups excluding carboxylic acids is 1. The SMILES string of the molecule is CCCCCCOc1ccc(C=CCNC(=O)OCc2ccccc2)cc1. The van der Waals surface area contributed by atoms with Crippen molar-refractivity contribution in [2.75, 3.05) is 13.2 Å². The lowest BCUT2D eigenvalue weighted by atomic mass is 10.2. The van der Waals surface area contributed by atoms with Crippen LogP contribution >= 0.6 is 0 Å². The van der Waals surface area contributed by atoms with E-state index in [1.165, 1.54) is 19.3 Å². The van der Waals surface area contributed by atoms with Crippen LogP contribution in [0, 0.1) is 0 Å². The normalized spacial score (nSPS) is 10.7. The molecule has 0 bridgehead atoms. The Labute approximate surface area is 162 Å². The lowest BCUT2D eigenvalue weighted by molar-refractivity contribution is 0.141. The Morgan fingerprint density at radius 2 is 1.78 bits per heavy atom. The number of nitrogens with one attached hydrogen (secondary N) is 1. The van der Waals surface area contributed by atoms with Crippen molar-refractivity contribution < 1.29 is 14.3 Å². The van der Waals surface area contributed by atoms with E-state index < -0.39 is 6.09 Å². The standard InChI is InChI=1S/C23H29NO3/c1-2-3-4-8-18-26-22-15-13-20(14-16-22)12-9-17-24-23(25)27-19-21-10-6-5-7-11-21/h5-7,9-16H,2-4,8,17-19H2,1H3,(H,24,25). The molecule has 0 atom stereocenters. The van der Waals surface area contributed by atoms with Gasteiger partial charge in [0.1, 0.15) is 12.4 Å². The maximum Gasteiger partial charge on any atom is 0.407 e. The van der Waals surface area contributed by atoms with Gasteiger partial charge in [-0.15, -0.1) is 0 Å². The van der Waals surface area contributed by atoms with E-state index in [0.29, 0.717) is 6.54 Å². The molecule has 2 aromatic carbocycles. The Balaban J connectivity index is 1.61. The predicted octanol–water partition coefficient (Wildman–Crippen LogP) is 5.59. The molecule has 0 aliphatic carbocycles. The van der Waals surface area contributed by atoms with E-state index in [0.717, 1.165) is 29.9 Å². The van der Waals surface area contributed by atoms with Gasteiger partial charge in [0.05, 0.1) is 6.61 Å². The molecule has 4 nitrogen and oxygen atoms in total. The van der Waals surface area contributed by atoms with Crippen molar-refractivity contribution in [1.82, 2.24) is 5.32 Å². The fourth-order valence-electron chi connectivity index (χ4n) is 2.51. The van der Waals surface area contributed by atoms with Crippen molar-refractivity contribution in [2.24, 2.45) is 0 Å². The van der Waals surface area contributed by atoms with Crippen LogP contribution in [0.3, 0.4) is 0 Å². The van der Waals surface area contributed by atoms with E-state index in [9.17, 15) is 4.79 Å². The second kappa shape index (κ2) is 12.6. The molecule has 2 rings (SSSR count). The topological polar surface area (TPSA) is 47.6 Å². The van der Waals surface area contributed by atoms with E-state index in [4.69, 9.17) is 9.47 Å². The Kier molecular flexibility index (Phi) is 9.58. The van der Waals surface area contributed by atoms with Gasteiger partial charge in [-0.2, -0.15) is 0 Å². The fourth-order valence-corrected chi connectivity index (χ4v) is 2.51. The largest absolute Gasteiger partial charge is 0.494 e. The third-order valence-electron chi connectivity index (χ3n) is 4.03. The van der Waals surface area contributed by atoms with Crippen molar-refractivity contribution in [3.63, 3.8) is 0 Å². The van der Waals surface area contributed by atoms with Gasteiger partial charge in [-0.1, -0.05) is 80.8 Å². The second-order valence-electron chi connectivity index (χ2n) is 6.32. The minimum absolute atomic E-state index is 0.274. The summed E-state index contributed by atoms with van der Waals surface area (Å²) in [6.07, 6.45) is 8.25. The maximum atomic E-state index is 11.7. The van der Waals surface area contributed by atoms with Crippen LogP contribution in [0.25, 0.3) is 6.08 Å². The first-order valence-corrected chi connectivity index (χ1v) is 9.62. The summed E-state index contributed by atoms with van der Waals surface area (Å²) in [5.74, 6) is 0.895. The summed E-state index contributed by atoms with van der Waals surface area (Å²) in [6, 6.07) is 17.6. The number of alkyl carbamates (subject to hydrolysis) is 1. The van der Waals surface area contributed by atoms with Crippen LogP contribution < -0.4 is 10.1 Å². The molecule has 2 aromatic rings. The third kappa shape index (κ3) is 8.95. The number of hydrogen-bond acceptors (Lipinski definition) is 3. The Bertz CT molecular complexity index is 681. The molecular formula is C23H29NO3. The molecule has 4 heteroatoms. The molecule has 0 saturated heterocycles. The van der Waals surface area contributed by atoms with Gasteiger partial charge in [0, 0.05) is 6.54 Å². The molecule has 0 heterocycles. The molecular weight excluding hydrogens is 338 g/mol. The summed E-state index contributed by atoms with van der Waals surface area (Å²) >= 11 is 0. The summed E-state index contributed by atoms with van der Waals surface area (Å²) < 4.78 is 10.9. The number of ether oxygens (including phenoxy) is 2. The van der Waals surface area contributed by atoms with Gasteiger partial charge < -0.3 is 14.8 Å². The molecule has 0 radical (unpaired) electrons. The molecule has 0 saturated carbocycles. The zero-order valence-corrected chi connectivity index (χ0v) is 16.0. The first-order valence-electron chi connectivity index (χ1n) is 9.62. The zero-order chi connectivity index (χ0) is 19.2. The van der Waals surface area contributed by atoms with Gasteiger partial charge in [-0.3, -0.25) is 0 Å². The first kappa shape index (κ1) is 20.6. The highest BCUT2D eigenvalue weighted by atomic mass is 16.5. The van der Waals surface area contributed by atoms with Crippen LogP contribution in [0.1, 0.15) is 43.7 Å². The molecule has 1 amide bonds. The van der Waals surface area contributed by atoms with E-state index in [-0.39, 0.29) is 6.61 Å². The number of carbonyl (C=O) groups is 1. The molecule has 0 spiro atoms. The number of unbranched alkanes of at least 4 members (excludes halogenated alkanes) is 3. The van der Waals surface area contributed by atoms with Crippen LogP contribution in [0.5, 0.6) is 5.75 Å². The van der Waals surface area contributed by atoms with E-state index in [2.05, 4.69) is 12.2 Å². The summed E-state index contributed by atoms with van der Waals surface area (Å²) in [4.78, 5) is 11.7. The van der Waals surface area contributed by atoms with E-state index in [1.807, 2.05) is 66.7 Å². The van der Waals surface area contributed by atoms with Crippen molar-refractivity contribution in [2.45, 2.75) is 39.2 Å². The highest BCUT2D eigenvalue weighted by Crippen LogP contribution is 2.14. The first-order chi connectivity index (χ1) is 13.3. The van der Waals surface area contributed by atoms with Crippen molar-refractivity contribution >= 4 is 12.2 Å². The smallest absolute Gasteiger partial charge is 0.407 e. The van der Waals surface area contributed by atoms with Crippen molar-refractivity contribution in [1.29, 1.82) is 0 Å². The lowest BCUT2D eigenvalue weighted by Gasteiger charge is -2.06. The molecule has 0 aliphatic rings. The van der Waals surface area contributed by atoms with Crippen molar-refractivity contribution in [3.05, 3.63) is 71.8 Å². The lowest BCUT2D eigenvalue weighted by Crippen LogP contribution is -2.24. The van der Waals surface area contributed by atoms with Crippen LogP contribution in [-0.2, 0) is 11.3 Å². The van der Waals surface area contributed by atoms with Crippen LogP contribution in [-0.4, -0.2) is 19.2 Å². The number of amides is 1. The molecule has 0 aliphatic heterocycles. The summed E-state index contributed by atoms with van der Waals surface area (Å²) in [5.41, 5.74) is 2.03. The van der Waals surface area contributed by atoms with E-state index in [1.54, 1.807) is 0 Å². The Hall–Kier alpha value is -2.75. The van der Waals surface area contributed by atoms with Gasteiger partial charge in [0.25, 0.3) is 0 Å². The third-order valence-corrected chi connectivity index (χ3v) is 4.03. The van der Waals surface area contributed by atoms with Crippen LogP contribution in [0.15, 0.2) is 60.7 Å². The average molecular weight is 367 g/mol. The highest BCUT2D eigenvalue weighted by molar-refractivity contribution is 5.67. The number of benzene rings is 2. The maximum absolute atomic E-state index is 11.7. The molecule has 144 valence electrons. The minimum atomic E-state index is -0.421. The summed E-state index contributed by atoms with van der Waals surface area (Å²) in [7, 11) is 0. The Morgan fingerprint density at radius 3 is 2.52 bits per heavy atom. The summed E-state index contributed by atoms with van der Waals surface area (Å²) in [5, 5.41) is 2.71. The van der Waals surface area contributed by atoms with E-state index >= 15 is 0 Å². The molecule has 0 fully saturated rings. The second-order valence-corrected chi connectivity index (χ2v) is 6.32. The van der Waals surface area contributed by atoms with Crippen LogP contribution in [0.2, 0.25) is 0 Å². The average Bonchev–Trinajstić information content (AvgIpc) is 2.71. The summed E-state index contributed by atoms with van der Waals surface area (Å²) in [6.45, 7) is 3.67. The number of hydrogen-bond donors (Lipinski definition) is 1. The fraction of sp³-hybridized carbons (Fsp3) is 0.348. The van der Waals surface area contributed by atoms with Gasteiger partial charge in [0.15, 0.2) is 0 Å². The molecule has 27 heavy (non-hydrogen) atoms. The quantitative estimate of drug-likeness (QED) is 0.527. The van der Waals surface area contributed by atoms with Gasteiger partial charge in [-0.05, 0) is 29.7 Å². The zero-order valence-electron chi connectivity index (χ0n) is 16.0.